The second kappa shape index (κ2) is 3.88. The maximum Gasteiger partial charge on any atom is 0.158 e. The number of hydrogen-bond acceptors (Lipinski definition) is 1. The van der Waals surface area contributed by atoms with Gasteiger partial charge in [-0.15, -0.1) is 0 Å². The van der Waals surface area contributed by atoms with Gasteiger partial charge in [-0.25, -0.2) is 0 Å². The van der Waals surface area contributed by atoms with Crippen LogP contribution >= 0.6 is 0 Å². The monoisotopic (exact) mass is 166 g/mol. The Morgan fingerprint density at radius 1 is 1.33 bits per heavy atom. The average Bonchev–Trinajstić information content (AvgIpc) is 1.98. The fourth-order valence-corrected chi connectivity index (χ4v) is 1.78. The molecule has 0 heterocycles. The third-order valence-electron chi connectivity index (χ3n) is 2.49. The van der Waals surface area contributed by atoms with Crippen molar-refractivity contribution >= 4 is 5.78 Å². The molecule has 0 fully saturated rings. The second-order valence-corrected chi connectivity index (χ2v) is 4.10. The smallest absolute Gasteiger partial charge is 0.158 e. The molecule has 0 N–H and O–H groups in total. The van der Waals surface area contributed by atoms with Crippen LogP contribution < -0.4 is 0 Å². The first kappa shape index (κ1) is 9.50. The largest absolute Gasteiger partial charge is 0.295 e. The Kier molecular flexibility index (Phi) is 3.07. The highest BCUT2D eigenvalue weighted by Gasteiger charge is 2.16. The Morgan fingerprint density at radius 2 is 2.00 bits per heavy atom. The molecule has 1 heteroatoms. The molecule has 1 rings (SSSR count). The molecule has 68 valence electrons. The molecule has 0 spiro atoms. The molecule has 0 aliphatic heterocycles. The van der Waals surface area contributed by atoms with Crippen molar-refractivity contribution in [3.05, 3.63) is 11.1 Å². The number of ketones is 1. The number of carbonyl (C=O) groups is 1. The third kappa shape index (κ3) is 2.20. The van der Waals surface area contributed by atoms with Crippen LogP contribution in [0.2, 0.25) is 0 Å². The Balaban J connectivity index is 2.71. The Labute approximate surface area is 74.9 Å². The van der Waals surface area contributed by atoms with Crippen molar-refractivity contribution < 1.29 is 4.79 Å². The Morgan fingerprint density at radius 3 is 2.58 bits per heavy atom. The van der Waals surface area contributed by atoms with Crippen LogP contribution in [0.4, 0.5) is 0 Å². The number of Topliss-reactive ketones (excluding diaryl/α,β-unsaturated/α-hetero) is 1. The summed E-state index contributed by atoms with van der Waals surface area (Å²) in [5, 5.41) is 0. The first-order valence-corrected chi connectivity index (χ1v) is 4.83. The molecule has 0 unspecified atom stereocenters. The number of hydrogen-bond donors (Lipinski definition) is 0. The minimum atomic E-state index is 0.372. The van der Waals surface area contributed by atoms with Gasteiger partial charge in [0.2, 0.25) is 0 Å². The molecular formula is C11H18O. The highest BCUT2D eigenvalue weighted by atomic mass is 16.1. The van der Waals surface area contributed by atoms with Crippen LogP contribution in [-0.2, 0) is 4.79 Å². The molecular weight excluding hydrogens is 148 g/mol. The molecule has 1 nitrogen and oxygen atoms in total. The maximum atomic E-state index is 11.3. The summed E-state index contributed by atoms with van der Waals surface area (Å²) in [6, 6.07) is 0. The van der Waals surface area contributed by atoms with Gasteiger partial charge in [0.15, 0.2) is 5.78 Å². The van der Waals surface area contributed by atoms with Crippen LogP contribution in [0.15, 0.2) is 11.1 Å². The number of rotatable bonds is 2. The predicted octanol–water partition coefficient (Wildman–Crippen LogP) is 3.10. The van der Waals surface area contributed by atoms with Gasteiger partial charge < -0.3 is 0 Å². The maximum absolute atomic E-state index is 11.3. The van der Waals surface area contributed by atoms with Crippen LogP contribution in [0.25, 0.3) is 0 Å². The van der Waals surface area contributed by atoms with E-state index in [2.05, 4.69) is 13.8 Å². The van der Waals surface area contributed by atoms with Crippen LogP contribution in [0.1, 0.15) is 46.5 Å². The van der Waals surface area contributed by atoms with Crippen molar-refractivity contribution in [1.29, 1.82) is 0 Å². The van der Waals surface area contributed by atoms with E-state index in [-0.39, 0.29) is 0 Å². The second-order valence-electron chi connectivity index (χ2n) is 4.10. The van der Waals surface area contributed by atoms with Gasteiger partial charge in [-0.1, -0.05) is 19.4 Å². The van der Waals surface area contributed by atoms with Crippen molar-refractivity contribution in [3.63, 3.8) is 0 Å². The summed E-state index contributed by atoms with van der Waals surface area (Å²) in [6.45, 7) is 6.40. The van der Waals surface area contributed by atoms with Gasteiger partial charge in [0.25, 0.3) is 0 Å². The lowest BCUT2D eigenvalue weighted by Gasteiger charge is -2.18. The number of allylic oxidation sites excluding steroid dienone is 2. The van der Waals surface area contributed by atoms with Gasteiger partial charge >= 0.3 is 0 Å². The topological polar surface area (TPSA) is 17.1 Å². The van der Waals surface area contributed by atoms with E-state index in [0.717, 1.165) is 31.3 Å². The first-order chi connectivity index (χ1) is 5.61. The van der Waals surface area contributed by atoms with E-state index in [1.807, 2.05) is 6.92 Å². The molecule has 1 aliphatic rings. The quantitative estimate of drug-likeness (QED) is 0.616. The Bertz CT molecular complexity index is 211. The lowest BCUT2D eigenvalue weighted by Crippen LogP contribution is -2.10. The van der Waals surface area contributed by atoms with Crippen LogP contribution in [0.5, 0.6) is 0 Å². The summed E-state index contributed by atoms with van der Waals surface area (Å²) in [5.41, 5.74) is 2.45. The summed E-state index contributed by atoms with van der Waals surface area (Å²) < 4.78 is 0. The summed E-state index contributed by atoms with van der Waals surface area (Å²) in [4.78, 5) is 11.3. The van der Waals surface area contributed by atoms with E-state index < -0.39 is 0 Å². The molecule has 1 aliphatic carbocycles. The van der Waals surface area contributed by atoms with E-state index in [1.54, 1.807) is 0 Å². The van der Waals surface area contributed by atoms with Gasteiger partial charge in [-0.3, -0.25) is 4.79 Å². The highest BCUT2D eigenvalue weighted by Crippen LogP contribution is 2.26. The van der Waals surface area contributed by atoms with Crippen molar-refractivity contribution in [3.8, 4) is 0 Å². The van der Waals surface area contributed by atoms with E-state index in [1.165, 1.54) is 5.57 Å². The molecule has 0 aromatic carbocycles. The molecule has 0 amide bonds. The fraction of sp³-hybridized carbons (Fsp3) is 0.727. The van der Waals surface area contributed by atoms with Crippen molar-refractivity contribution in [2.75, 3.05) is 0 Å². The average molecular weight is 166 g/mol. The minimum Gasteiger partial charge on any atom is -0.295 e. The van der Waals surface area contributed by atoms with Crippen LogP contribution in [-0.4, -0.2) is 5.78 Å². The summed E-state index contributed by atoms with van der Waals surface area (Å²) in [5.74, 6) is 1.05. The van der Waals surface area contributed by atoms with Gasteiger partial charge in [0, 0.05) is 6.42 Å². The molecule has 0 saturated carbocycles. The van der Waals surface area contributed by atoms with E-state index in [9.17, 15) is 4.79 Å². The zero-order valence-electron chi connectivity index (χ0n) is 8.31. The molecule has 0 aromatic rings. The standard InChI is InChI=1S/C11H18O/c1-8(2)7-10-5-4-6-11(12)9(10)3/h8H,4-7H2,1-3H3. The van der Waals surface area contributed by atoms with Gasteiger partial charge in [-0.2, -0.15) is 0 Å². The SMILES string of the molecule is CC1=C(CC(C)C)CCCC1=O. The zero-order valence-corrected chi connectivity index (χ0v) is 8.31. The van der Waals surface area contributed by atoms with Crippen LogP contribution in [0, 0.1) is 5.92 Å². The number of carbonyl (C=O) groups excluding carboxylic acids is 1. The Hall–Kier alpha value is -0.590. The molecule has 0 saturated heterocycles. The summed E-state index contributed by atoms with van der Waals surface area (Å²) >= 11 is 0. The molecule has 0 bridgehead atoms. The molecule has 12 heavy (non-hydrogen) atoms. The van der Waals surface area contributed by atoms with Gasteiger partial charge in [0.1, 0.15) is 0 Å². The normalized spacial score (nSPS) is 19.2. The predicted molar refractivity (Wildman–Crippen MR) is 51.0 cm³/mol. The molecule has 0 atom stereocenters. The summed E-state index contributed by atoms with van der Waals surface area (Å²) in [6.07, 6.45) is 4.10. The van der Waals surface area contributed by atoms with Gasteiger partial charge in [0.05, 0.1) is 0 Å². The third-order valence-corrected chi connectivity index (χ3v) is 2.49. The fourth-order valence-electron chi connectivity index (χ4n) is 1.78. The van der Waals surface area contributed by atoms with E-state index in [4.69, 9.17) is 0 Å². The van der Waals surface area contributed by atoms with E-state index >= 15 is 0 Å². The summed E-state index contributed by atoms with van der Waals surface area (Å²) in [7, 11) is 0. The van der Waals surface area contributed by atoms with Crippen molar-refractivity contribution in [2.24, 2.45) is 5.92 Å². The lowest BCUT2D eigenvalue weighted by molar-refractivity contribution is -0.116. The first-order valence-electron chi connectivity index (χ1n) is 4.83. The van der Waals surface area contributed by atoms with Gasteiger partial charge in [-0.05, 0) is 37.7 Å². The zero-order chi connectivity index (χ0) is 9.14. The van der Waals surface area contributed by atoms with E-state index in [0.29, 0.717) is 11.7 Å². The van der Waals surface area contributed by atoms with Crippen molar-refractivity contribution in [2.45, 2.75) is 46.5 Å². The van der Waals surface area contributed by atoms with Crippen LogP contribution in [0.3, 0.4) is 0 Å². The molecule has 0 radical (unpaired) electrons. The van der Waals surface area contributed by atoms with Crippen molar-refractivity contribution in [1.82, 2.24) is 0 Å². The lowest BCUT2D eigenvalue weighted by atomic mass is 9.87. The highest BCUT2D eigenvalue weighted by molar-refractivity contribution is 5.96. The molecule has 0 aromatic heterocycles. The minimum absolute atomic E-state index is 0.372.